The first-order valence-corrected chi connectivity index (χ1v) is 8.48. The molecule has 1 unspecified atom stereocenters. The Kier molecular flexibility index (Phi) is 6.57. The van der Waals surface area contributed by atoms with Crippen LogP contribution in [0.3, 0.4) is 0 Å². The predicted octanol–water partition coefficient (Wildman–Crippen LogP) is 3.87. The Morgan fingerprint density at radius 3 is 2.00 bits per heavy atom. The highest BCUT2D eigenvalue weighted by atomic mass is 16.5. The summed E-state index contributed by atoms with van der Waals surface area (Å²) >= 11 is 0. The Bertz CT molecular complexity index is 709. The lowest BCUT2D eigenvalue weighted by Gasteiger charge is -2.11. The van der Waals surface area contributed by atoms with Crippen LogP contribution in [0.1, 0.15) is 47.9 Å². The van der Waals surface area contributed by atoms with Crippen LogP contribution in [-0.2, 0) is 0 Å². The molecule has 5 heteroatoms. The predicted molar refractivity (Wildman–Crippen MR) is 99.2 cm³/mol. The molecule has 0 saturated carbocycles. The topological polar surface area (TPSA) is 67.4 Å². The van der Waals surface area contributed by atoms with E-state index in [-0.39, 0.29) is 17.9 Å². The average Bonchev–Trinajstić information content (AvgIpc) is 2.63. The molecule has 0 heterocycles. The normalized spacial score (nSPS) is 11.5. The van der Waals surface area contributed by atoms with Crippen molar-refractivity contribution in [3.63, 3.8) is 0 Å². The highest BCUT2D eigenvalue weighted by Crippen LogP contribution is 2.16. The van der Waals surface area contributed by atoms with Crippen LogP contribution in [0, 0.1) is 0 Å². The van der Waals surface area contributed by atoms with Gasteiger partial charge in [-0.3, -0.25) is 9.59 Å². The smallest absolute Gasteiger partial charge is 0.255 e. The van der Waals surface area contributed by atoms with Crippen molar-refractivity contribution in [2.24, 2.45) is 0 Å². The van der Waals surface area contributed by atoms with Crippen molar-refractivity contribution in [1.29, 1.82) is 0 Å². The molecule has 2 aromatic carbocycles. The van der Waals surface area contributed by atoms with Crippen LogP contribution in [0.2, 0.25) is 0 Å². The van der Waals surface area contributed by atoms with Crippen LogP contribution in [0.25, 0.3) is 0 Å². The molecule has 0 radical (unpaired) electrons. The van der Waals surface area contributed by atoms with Gasteiger partial charge in [0.05, 0.1) is 6.61 Å². The molecule has 0 spiro atoms. The van der Waals surface area contributed by atoms with Crippen LogP contribution in [0.4, 0.5) is 5.69 Å². The van der Waals surface area contributed by atoms with E-state index in [0.717, 1.165) is 12.2 Å². The van der Waals surface area contributed by atoms with E-state index < -0.39 is 0 Å². The largest absolute Gasteiger partial charge is 0.494 e. The fourth-order valence-corrected chi connectivity index (χ4v) is 2.19. The summed E-state index contributed by atoms with van der Waals surface area (Å²) in [5.41, 5.74) is 1.72. The number of carbonyl (C=O) groups excluding carboxylic acids is 2. The molecule has 5 nitrogen and oxygen atoms in total. The summed E-state index contributed by atoms with van der Waals surface area (Å²) in [6.45, 7) is 6.49. The van der Waals surface area contributed by atoms with Gasteiger partial charge in [0.1, 0.15) is 5.75 Å². The molecular weight excluding hydrogens is 316 g/mol. The van der Waals surface area contributed by atoms with E-state index in [0.29, 0.717) is 23.4 Å². The Balaban J connectivity index is 1.99. The lowest BCUT2D eigenvalue weighted by molar-refractivity contribution is 0.0937. The molecule has 1 atom stereocenters. The van der Waals surface area contributed by atoms with Crippen molar-refractivity contribution in [2.75, 3.05) is 11.9 Å². The van der Waals surface area contributed by atoms with E-state index in [2.05, 4.69) is 10.6 Å². The Morgan fingerprint density at radius 2 is 1.48 bits per heavy atom. The van der Waals surface area contributed by atoms with Crippen molar-refractivity contribution in [1.82, 2.24) is 5.32 Å². The molecular formula is C20H24N2O3. The molecule has 0 fully saturated rings. The summed E-state index contributed by atoms with van der Waals surface area (Å²) < 4.78 is 5.37. The maximum absolute atomic E-state index is 12.3. The minimum atomic E-state index is -0.224. The fourth-order valence-electron chi connectivity index (χ4n) is 2.19. The molecule has 0 aliphatic rings. The van der Waals surface area contributed by atoms with Crippen molar-refractivity contribution in [3.8, 4) is 5.75 Å². The number of nitrogens with one attached hydrogen (secondary N) is 2. The second-order valence-electron chi connectivity index (χ2n) is 5.77. The van der Waals surface area contributed by atoms with E-state index in [1.54, 1.807) is 48.5 Å². The molecule has 25 heavy (non-hydrogen) atoms. The van der Waals surface area contributed by atoms with Gasteiger partial charge in [0.15, 0.2) is 0 Å². The highest BCUT2D eigenvalue weighted by molar-refractivity contribution is 6.05. The zero-order valence-corrected chi connectivity index (χ0v) is 14.8. The van der Waals surface area contributed by atoms with E-state index in [9.17, 15) is 9.59 Å². The summed E-state index contributed by atoms with van der Waals surface area (Å²) in [5, 5.41) is 5.72. The first-order chi connectivity index (χ1) is 12.0. The van der Waals surface area contributed by atoms with E-state index in [1.165, 1.54) is 0 Å². The average molecular weight is 340 g/mol. The number of anilines is 1. The van der Waals surface area contributed by atoms with E-state index in [1.807, 2.05) is 20.8 Å². The molecule has 0 bridgehead atoms. The number of rotatable bonds is 7. The maximum Gasteiger partial charge on any atom is 0.255 e. The minimum Gasteiger partial charge on any atom is -0.494 e. The van der Waals surface area contributed by atoms with Crippen LogP contribution in [0.5, 0.6) is 5.75 Å². The third-order valence-electron chi connectivity index (χ3n) is 3.82. The number of hydrogen-bond donors (Lipinski definition) is 2. The number of hydrogen-bond acceptors (Lipinski definition) is 3. The molecule has 0 saturated heterocycles. The van der Waals surface area contributed by atoms with Gasteiger partial charge in [-0.15, -0.1) is 0 Å². The van der Waals surface area contributed by atoms with Gasteiger partial charge < -0.3 is 15.4 Å². The second-order valence-corrected chi connectivity index (χ2v) is 5.77. The quantitative estimate of drug-likeness (QED) is 0.804. The molecule has 0 aliphatic heterocycles. The first-order valence-electron chi connectivity index (χ1n) is 8.48. The van der Waals surface area contributed by atoms with Gasteiger partial charge in [-0.1, -0.05) is 6.92 Å². The Labute approximate surface area is 148 Å². The molecule has 2 N–H and O–H groups in total. The van der Waals surface area contributed by atoms with E-state index >= 15 is 0 Å². The van der Waals surface area contributed by atoms with Crippen LogP contribution < -0.4 is 15.4 Å². The maximum atomic E-state index is 12.3. The van der Waals surface area contributed by atoms with Crippen molar-refractivity contribution < 1.29 is 14.3 Å². The summed E-state index contributed by atoms with van der Waals surface area (Å²) in [6.07, 6.45) is 0.869. The lowest BCUT2D eigenvalue weighted by Crippen LogP contribution is -2.31. The lowest BCUT2D eigenvalue weighted by atomic mass is 10.1. The van der Waals surface area contributed by atoms with Gasteiger partial charge in [-0.05, 0) is 68.8 Å². The SMILES string of the molecule is CCOc1ccc(NC(=O)c2ccc(C(=O)NC(C)CC)cc2)cc1. The zero-order valence-electron chi connectivity index (χ0n) is 14.8. The monoisotopic (exact) mass is 340 g/mol. The van der Waals surface area contributed by atoms with Crippen LogP contribution in [-0.4, -0.2) is 24.5 Å². The molecule has 2 rings (SSSR count). The van der Waals surface area contributed by atoms with Crippen LogP contribution >= 0.6 is 0 Å². The standard InChI is InChI=1S/C20H24N2O3/c1-4-14(3)21-19(23)15-6-8-16(9-7-15)20(24)22-17-10-12-18(13-11-17)25-5-2/h6-14H,4-5H2,1-3H3,(H,21,23)(H,22,24). The van der Waals surface area contributed by atoms with Gasteiger partial charge >= 0.3 is 0 Å². The first kappa shape index (κ1) is 18.5. The molecule has 2 aromatic rings. The minimum absolute atomic E-state index is 0.120. The zero-order chi connectivity index (χ0) is 18.2. The van der Waals surface area contributed by atoms with Crippen molar-refractivity contribution in [3.05, 3.63) is 59.7 Å². The summed E-state index contributed by atoms with van der Waals surface area (Å²) in [5.74, 6) is 0.406. The van der Waals surface area contributed by atoms with Gasteiger partial charge in [-0.25, -0.2) is 0 Å². The number of amides is 2. The summed E-state index contributed by atoms with van der Waals surface area (Å²) in [7, 11) is 0. The number of benzene rings is 2. The Hall–Kier alpha value is -2.82. The molecule has 0 aromatic heterocycles. The summed E-state index contributed by atoms with van der Waals surface area (Å²) in [6, 6.07) is 13.9. The Morgan fingerprint density at radius 1 is 0.920 bits per heavy atom. The number of carbonyl (C=O) groups is 2. The third kappa shape index (κ3) is 5.35. The van der Waals surface area contributed by atoms with Gasteiger partial charge in [-0.2, -0.15) is 0 Å². The van der Waals surface area contributed by atoms with Crippen LogP contribution in [0.15, 0.2) is 48.5 Å². The second kappa shape index (κ2) is 8.87. The number of ether oxygens (including phenoxy) is 1. The van der Waals surface area contributed by atoms with Crippen molar-refractivity contribution >= 4 is 17.5 Å². The highest BCUT2D eigenvalue weighted by Gasteiger charge is 2.11. The van der Waals surface area contributed by atoms with Gasteiger partial charge in [0, 0.05) is 22.9 Å². The van der Waals surface area contributed by atoms with Crippen molar-refractivity contribution in [2.45, 2.75) is 33.2 Å². The van der Waals surface area contributed by atoms with Gasteiger partial charge in [0.2, 0.25) is 0 Å². The molecule has 0 aliphatic carbocycles. The van der Waals surface area contributed by atoms with E-state index in [4.69, 9.17) is 4.74 Å². The van der Waals surface area contributed by atoms with Gasteiger partial charge in [0.25, 0.3) is 11.8 Å². The molecule has 2 amide bonds. The third-order valence-corrected chi connectivity index (χ3v) is 3.82. The summed E-state index contributed by atoms with van der Waals surface area (Å²) in [4.78, 5) is 24.3. The fraction of sp³-hybridized carbons (Fsp3) is 0.300. The molecule has 132 valence electrons.